The normalized spacial score (nSPS) is 14.2. The average Bonchev–Trinajstić information content (AvgIpc) is 1.59. The highest BCUT2D eigenvalue weighted by molar-refractivity contribution is 14.1. The number of aliphatic imine (C=N–C) groups is 1. The third-order valence-corrected chi connectivity index (χ3v) is 15.5. The maximum atomic E-state index is 13.6. The molecule has 0 saturated heterocycles. The Morgan fingerprint density at radius 1 is 0.767 bits per heavy atom. The van der Waals surface area contributed by atoms with E-state index in [1.807, 2.05) is 36.1 Å². The zero-order chi connectivity index (χ0) is 64.7. The number of urea groups is 1. The topological polar surface area (TPSA) is 351 Å². The lowest BCUT2D eigenvalue weighted by molar-refractivity contribution is -0.137. The molecule has 26 heteroatoms. The first kappa shape index (κ1) is 68.4. The van der Waals surface area contributed by atoms with Crippen LogP contribution in [0.3, 0.4) is 0 Å². The number of fused-ring (bicyclic) bond motifs is 2. The van der Waals surface area contributed by atoms with Crippen molar-refractivity contribution in [2.24, 2.45) is 22.4 Å². The fourth-order valence-electron chi connectivity index (χ4n) is 10.2. The minimum absolute atomic E-state index is 0.0644. The van der Waals surface area contributed by atoms with Gasteiger partial charge in [0.1, 0.15) is 24.5 Å². The number of alkyl halides is 1. The smallest absolute Gasteiger partial charge is 0.407 e. The van der Waals surface area contributed by atoms with Gasteiger partial charge in [0.2, 0.25) is 23.6 Å². The summed E-state index contributed by atoms with van der Waals surface area (Å²) in [6, 6.07) is 18.1. The number of anilines is 2. The number of imide groups is 1. The van der Waals surface area contributed by atoms with Gasteiger partial charge in [-0.1, -0.05) is 80.1 Å². The van der Waals surface area contributed by atoms with Crippen molar-refractivity contribution in [3.05, 3.63) is 136 Å². The number of hydrogen-bond donors (Lipinski definition) is 9. The monoisotopic (exact) mass is 1350 g/mol. The molecular formula is C64H79IN14O11. The molecule has 11 N–H and O–H groups in total. The fourth-order valence-corrected chi connectivity index (χ4v) is 10.8. The van der Waals surface area contributed by atoms with Gasteiger partial charge in [-0.2, -0.15) is 0 Å². The van der Waals surface area contributed by atoms with Crippen molar-refractivity contribution in [2.45, 2.75) is 110 Å². The van der Waals surface area contributed by atoms with Gasteiger partial charge in [-0.25, -0.2) is 14.6 Å². The van der Waals surface area contributed by atoms with Crippen LogP contribution in [0.25, 0.3) is 6.08 Å². The van der Waals surface area contributed by atoms with Crippen LogP contribution in [0, 0.1) is 5.92 Å². The van der Waals surface area contributed by atoms with E-state index in [-0.39, 0.29) is 99.8 Å². The van der Waals surface area contributed by atoms with Gasteiger partial charge in [0.05, 0.1) is 17.6 Å². The molecule has 3 aromatic carbocycles. The van der Waals surface area contributed by atoms with E-state index >= 15 is 0 Å². The number of hydrogen-bond acceptors (Lipinski definition) is 15. The number of aromatic nitrogens is 1. The molecule has 0 spiro atoms. The Balaban J connectivity index is 0.805. The summed E-state index contributed by atoms with van der Waals surface area (Å²) in [6.07, 6.45) is 9.05. The Bertz CT molecular complexity index is 3350. The number of ether oxygens (including phenoxy) is 1. The minimum atomic E-state index is -1.07. The van der Waals surface area contributed by atoms with Gasteiger partial charge in [-0.15, -0.1) is 0 Å². The van der Waals surface area contributed by atoms with Crippen LogP contribution in [-0.4, -0.2) is 147 Å². The number of pyridine rings is 1. The number of carbonyl (C=O) groups excluding carboxylic acids is 10. The van der Waals surface area contributed by atoms with E-state index in [9.17, 15) is 47.9 Å². The van der Waals surface area contributed by atoms with E-state index < -0.39 is 36.0 Å². The van der Waals surface area contributed by atoms with Crippen molar-refractivity contribution in [1.29, 1.82) is 0 Å². The van der Waals surface area contributed by atoms with Crippen molar-refractivity contribution < 1.29 is 52.7 Å². The molecule has 0 radical (unpaired) electrons. The minimum Gasteiger partial charge on any atom is -0.445 e. The zero-order valence-electron chi connectivity index (χ0n) is 50.9. The molecule has 0 bridgehead atoms. The summed E-state index contributed by atoms with van der Waals surface area (Å²) in [4.78, 5) is 142. The average molecular weight is 1350 g/mol. The maximum Gasteiger partial charge on any atom is 0.407 e. The summed E-state index contributed by atoms with van der Waals surface area (Å²) in [5, 5.41) is 19.2. The zero-order valence-corrected chi connectivity index (χ0v) is 53.0. The van der Waals surface area contributed by atoms with Gasteiger partial charge in [-0.05, 0) is 103 Å². The molecule has 4 heterocycles. The van der Waals surface area contributed by atoms with Crippen molar-refractivity contribution in [3.8, 4) is 0 Å². The second-order valence-electron chi connectivity index (χ2n) is 22.3. The van der Waals surface area contributed by atoms with Crippen molar-refractivity contribution in [1.82, 2.24) is 46.3 Å². The third-order valence-electron chi connectivity index (χ3n) is 15.0. The standard InChI is InChI=1S/C64H79IN14O11/c1-4-28-78(31-24-65)62(87)46-32-44-17-18-45(34-52(44)74-53(66)35-46)59(84)73-49-33-47-38-77(30-23-50(47)71-36-49)37-41-11-15-43(16-12-41)58(83)68-26-27-70-64(89)90-39-42-13-19-48(20-14-42)72-60(85)51(9-8-25-69-63(67)88)75-61(86)57(40(2)3)76-54(80)10-6-5-7-29-79-55(81)21-22-56(79)82/h11-22,32-34,36,40,51,57H,4-10,23-31,35,37-39H2,1-3H3,(H2,66,74)(H,68,83)(H,70,89)(H,72,85)(H,73,84)(H,75,86)(H,76,80)(H3,67,69,88)/t51-,57-/m0/s1. The Labute approximate surface area is 536 Å². The first-order valence-electron chi connectivity index (χ1n) is 30.2. The predicted octanol–water partition coefficient (Wildman–Crippen LogP) is 5.50. The summed E-state index contributed by atoms with van der Waals surface area (Å²) in [5.74, 6) is -3.00. The lowest BCUT2D eigenvalue weighted by Crippen LogP contribution is -2.54. The molecule has 25 nitrogen and oxygen atoms in total. The molecule has 478 valence electrons. The second-order valence-corrected chi connectivity index (χ2v) is 23.4. The summed E-state index contributed by atoms with van der Waals surface area (Å²) in [7, 11) is 0. The van der Waals surface area contributed by atoms with Crippen LogP contribution in [-0.2, 0) is 59.6 Å². The molecule has 1 aromatic heterocycles. The van der Waals surface area contributed by atoms with E-state index in [1.165, 1.54) is 12.2 Å². The Morgan fingerprint density at radius 3 is 2.20 bits per heavy atom. The molecule has 11 amide bonds. The van der Waals surface area contributed by atoms with Crippen LogP contribution in [0.2, 0.25) is 0 Å². The summed E-state index contributed by atoms with van der Waals surface area (Å²) >= 11 is 2.26. The van der Waals surface area contributed by atoms with E-state index in [1.54, 1.807) is 74.6 Å². The highest BCUT2D eigenvalue weighted by atomic mass is 127. The number of rotatable bonds is 31. The van der Waals surface area contributed by atoms with Crippen LogP contribution in [0.15, 0.2) is 102 Å². The predicted molar refractivity (Wildman–Crippen MR) is 348 cm³/mol. The van der Waals surface area contributed by atoms with Gasteiger partial charge in [0.25, 0.3) is 23.6 Å². The maximum absolute atomic E-state index is 13.6. The highest BCUT2D eigenvalue weighted by Crippen LogP contribution is 2.30. The number of nitrogens with zero attached hydrogens (tertiary/aromatic N) is 5. The summed E-state index contributed by atoms with van der Waals surface area (Å²) in [5.41, 5.74) is 18.6. The van der Waals surface area contributed by atoms with Gasteiger partial charge in [-0.3, -0.25) is 53.1 Å². The van der Waals surface area contributed by atoms with Crippen LogP contribution in [0.5, 0.6) is 0 Å². The molecule has 0 unspecified atom stereocenters. The number of unbranched alkanes of at least 4 members (excludes halogenated alkanes) is 2. The van der Waals surface area contributed by atoms with E-state index in [4.69, 9.17) is 16.2 Å². The van der Waals surface area contributed by atoms with Crippen LogP contribution in [0.4, 0.5) is 26.7 Å². The molecular weight excluding hydrogens is 1270 g/mol. The van der Waals surface area contributed by atoms with Crippen LogP contribution >= 0.6 is 22.6 Å². The van der Waals surface area contributed by atoms with E-state index in [2.05, 4.69) is 74.7 Å². The van der Waals surface area contributed by atoms with E-state index in [0.717, 1.165) is 45.5 Å². The number of amidine groups is 1. The quantitative estimate of drug-likeness (QED) is 0.0130. The molecule has 3 aliphatic heterocycles. The molecule has 0 saturated carbocycles. The van der Waals surface area contributed by atoms with Crippen molar-refractivity contribution in [2.75, 3.05) is 60.9 Å². The van der Waals surface area contributed by atoms with Gasteiger partial charge < -0.3 is 58.3 Å². The number of amides is 11. The lowest BCUT2D eigenvalue weighted by atomic mass is 10.0. The molecule has 90 heavy (non-hydrogen) atoms. The van der Waals surface area contributed by atoms with Crippen molar-refractivity contribution in [3.63, 3.8) is 0 Å². The summed E-state index contributed by atoms with van der Waals surface area (Å²) in [6.45, 7) is 9.35. The Hall–Kier alpha value is -9.05. The second kappa shape index (κ2) is 34.1. The Morgan fingerprint density at radius 2 is 1.49 bits per heavy atom. The number of nitrogens with one attached hydrogen (secondary N) is 7. The van der Waals surface area contributed by atoms with Gasteiger partial charge >= 0.3 is 12.1 Å². The van der Waals surface area contributed by atoms with Gasteiger partial charge in [0.15, 0.2) is 0 Å². The molecule has 3 aliphatic rings. The molecule has 4 aromatic rings. The Kier molecular flexibility index (Phi) is 25.9. The number of halogens is 1. The SMILES string of the molecule is CCCN(CCI)C(=O)C1=Cc2ccc(C(=O)Nc3cnc4c(c3)CN(Cc3ccc(C(=O)NCCNC(=O)OCc5ccc(NC(=O)[C@H](CCCNC(N)=O)NC(=O)[C@@H](NC(=O)CCCCCN6C(=O)C=CC6=O)C(C)C)cc5)cc3)CC4)cc2N=C(N)C1. The number of nitrogens with two attached hydrogens (primary N) is 2. The van der Waals surface area contributed by atoms with Crippen molar-refractivity contribution >= 4 is 111 Å². The highest BCUT2D eigenvalue weighted by Gasteiger charge is 2.30. The van der Waals surface area contributed by atoms with Crippen LogP contribution in [0.1, 0.15) is 121 Å². The molecule has 7 rings (SSSR count). The van der Waals surface area contributed by atoms with Gasteiger partial charge in [0, 0.05) is 128 Å². The summed E-state index contributed by atoms with van der Waals surface area (Å²) < 4.78 is 6.18. The first-order valence-corrected chi connectivity index (χ1v) is 31.7. The number of benzene rings is 3. The number of primary amides is 1. The van der Waals surface area contributed by atoms with E-state index in [0.29, 0.717) is 96.2 Å². The third kappa shape index (κ3) is 20.8. The fraction of sp³-hybridized carbons (Fsp3) is 0.406. The molecule has 2 atom stereocenters. The largest absolute Gasteiger partial charge is 0.445 e. The van der Waals surface area contributed by atoms with Crippen LogP contribution < -0.4 is 48.7 Å². The molecule has 0 aliphatic carbocycles. The number of carbonyl (C=O) groups is 10. The molecule has 0 fully saturated rings. The number of alkyl carbamates (subject to hydrolysis) is 1. The lowest BCUT2D eigenvalue weighted by Gasteiger charge is -2.28. The first-order chi connectivity index (χ1) is 43.3.